The van der Waals surface area contributed by atoms with Crippen LogP contribution in [0.2, 0.25) is 0 Å². The summed E-state index contributed by atoms with van der Waals surface area (Å²) < 4.78 is 7.15. The zero-order valence-corrected chi connectivity index (χ0v) is 18.6. The Hall–Kier alpha value is -4.19. The third-order valence-corrected chi connectivity index (χ3v) is 5.83. The third-order valence-electron chi connectivity index (χ3n) is 5.83. The molecule has 0 radical (unpaired) electrons. The molecule has 5 rings (SSSR count). The van der Waals surface area contributed by atoms with Crippen molar-refractivity contribution in [2.45, 2.75) is 19.4 Å². The maximum atomic E-state index is 12.6. The monoisotopic (exact) mass is 436 g/mol. The van der Waals surface area contributed by atoms with Crippen molar-refractivity contribution in [1.29, 1.82) is 0 Å². The average Bonchev–Trinajstić information content (AvgIpc) is 3.50. The molecule has 0 spiro atoms. The summed E-state index contributed by atoms with van der Waals surface area (Å²) >= 11 is 0. The Morgan fingerprint density at radius 1 is 0.909 bits per heavy atom. The van der Waals surface area contributed by atoms with Gasteiger partial charge in [0, 0.05) is 30.7 Å². The van der Waals surface area contributed by atoms with Crippen molar-refractivity contribution >= 4 is 11.6 Å². The van der Waals surface area contributed by atoms with Gasteiger partial charge in [0.1, 0.15) is 5.75 Å². The molecule has 3 aromatic carbocycles. The number of hydrogen-bond acceptors (Lipinski definition) is 4. The van der Waals surface area contributed by atoms with E-state index in [2.05, 4.69) is 0 Å². The van der Waals surface area contributed by atoms with Gasteiger partial charge in [0.25, 0.3) is 0 Å². The summed E-state index contributed by atoms with van der Waals surface area (Å²) in [5.41, 5.74) is 5.62. The van der Waals surface area contributed by atoms with Crippen molar-refractivity contribution in [2.75, 3.05) is 7.11 Å². The molecule has 0 saturated carbocycles. The van der Waals surface area contributed by atoms with Crippen LogP contribution < -0.4 is 4.74 Å². The Labute approximate surface area is 192 Å². The van der Waals surface area contributed by atoms with Gasteiger partial charge in [0.2, 0.25) is 5.91 Å². The normalized spacial score (nSPS) is 15.4. The zero-order chi connectivity index (χ0) is 22.8. The van der Waals surface area contributed by atoms with Crippen molar-refractivity contribution in [3.05, 3.63) is 102 Å². The second-order valence-electron chi connectivity index (χ2n) is 7.94. The van der Waals surface area contributed by atoms with Gasteiger partial charge in [-0.1, -0.05) is 48.5 Å². The number of carbonyl (C=O) groups is 1. The number of hydrazone groups is 1. The summed E-state index contributed by atoms with van der Waals surface area (Å²) in [7, 11) is 1.64. The Balaban J connectivity index is 1.58. The second kappa shape index (κ2) is 8.74. The Morgan fingerprint density at radius 2 is 1.58 bits per heavy atom. The van der Waals surface area contributed by atoms with E-state index in [-0.39, 0.29) is 11.9 Å². The van der Waals surface area contributed by atoms with E-state index in [0.29, 0.717) is 6.42 Å². The van der Waals surface area contributed by atoms with Gasteiger partial charge in [-0.25, -0.2) is 9.69 Å². The van der Waals surface area contributed by atoms with Crippen LogP contribution >= 0.6 is 0 Å². The number of benzene rings is 3. The number of hydrogen-bond donors (Lipinski definition) is 0. The lowest BCUT2D eigenvalue weighted by Crippen LogP contribution is -2.24. The summed E-state index contributed by atoms with van der Waals surface area (Å²) in [6.07, 6.45) is 2.62. The lowest BCUT2D eigenvalue weighted by molar-refractivity contribution is -0.130. The van der Waals surface area contributed by atoms with Crippen LogP contribution in [0.15, 0.2) is 96.2 Å². The van der Waals surface area contributed by atoms with Crippen LogP contribution in [-0.2, 0) is 4.79 Å². The number of nitrogens with zero attached hydrogens (tertiary/aromatic N) is 4. The second-order valence-corrected chi connectivity index (χ2v) is 7.94. The topological polar surface area (TPSA) is 59.7 Å². The molecule has 1 aliphatic rings. The number of amides is 1. The van der Waals surface area contributed by atoms with Gasteiger partial charge in [-0.05, 0) is 42.0 Å². The van der Waals surface area contributed by atoms with Gasteiger partial charge >= 0.3 is 0 Å². The molecule has 1 atom stereocenters. The molecule has 0 fully saturated rings. The van der Waals surface area contributed by atoms with E-state index in [1.54, 1.807) is 19.0 Å². The molecule has 0 saturated heterocycles. The molecule has 4 aromatic rings. The number of aromatic nitrogens is 2. The predicted molar refractivity (Wildman–Crippen MR) is 128 cm³/mol. The first-order chi connectivity index (χ1) is 16.1. The lowest BCUT2D eigenvalue weighted by Gasteiger charge is -2.20. The smallest absolute Gasteiger partial charge is 0.240 e. The van der Waals surface area contributed by atoms with Gasteiger partial charge in [0.05, 0.1) is 30.2 Å². The van der Waals surface area contributed by atoms with Crippen LogP contribution in [-0.4, -0.2) is 33.5 Å². The molecule has 164 valence electrons. The molecule has 33 heavy (non-hydrogen) atoms. The van der Waals surface area contributed by atoms with Crippen LogP contribution in [0, 0.1) is 0 Å². The molecule has 0 aliphatic carbocycles. The lowest BCUT2D eigenvalue weighted by atomic mass is 9.96. The first-order valence-corrected chi connectivity index (χ1v) is 10.9. The zero-order valence-electron chi connectivity index (χ0n) is 18.6. The van der Waals surface area contributed by atoms with Gasteiger partial charge in [-0.3, -0.25) is 4.79 Å². The van der Waals surface area contributed by atoms with Crippen LogP contribution in [0.1, 0.15) is 30.5 Å². The van der Waals surface area contributed by atoms with Crippen molar-refractivity contribution < 1.29 is 9.53 Å². The summed E-state index contributed by atoms with van der Waals surface area (Å²) in [6, 6.07) is 27.6. The van der Waals surface area contributed by atoms with Crippen LogP contribution in [0.25, 0.3) is 16.9 Å². The molecular formula is C27H24N4O2. The maximum absolute atomic E-state index is 12.6. The summed E-state index contributed by atoms with van der Waals surface area (Å²) in [5.74, 6) is 0.683. The summed E-state index contributed by atoms with van der Waals surface area (Å²) in [5, 5.41) is 11.2. The van der Waals surface area contributed by atoms with Crippen LogP contribution in [0.5, 0.6) is 5.75 Å². The highest BCUT2D eigenvalue weighted by atomic mass is 16.5. The van der Waals surface area contributed by atoms with E-state index in [4.69, 9.17) is 14.9 Å². The Morgan fingerprint density at radius 3 is 2.21 bits per heavy atom. The molecule has 1 aromatic heterocycles. The van der Waals surface area contributed by atoms with Crippen LogP contribution in [0.4, 0.5) is 0 Å². The Kier molecular flexibility index (Phi) is 5.48. The largest absolute Gasteiger partial charge is 0.497 e. The molecule has 6 nitrogen and oxygen atoms in total. The minimum absolute atomic E-state index is 0.102. The van der Waals surface area contributed by atoms with E-state index in [9.17, 15) is 4.79 Å². The SMILES string of the molecule is COc1ccc(C2=NN(C(C)=O)[C@@H](c3cn(-c4ccccc4)nc3-c3ccccc3)C2)cc1. The van der Waals surface area contributed by atoms with Crippen molar-refractivity contribution in [1.82, 2.24) is 14.8 Å². The quantitative estimate of drug-likeness (QED) is 0.430. The molecule has 0 bridgehead atoms. The molecule has 1 amide bonds. The maximum Gasteiger partial charge on any atom is 0.240 e. The van der Waals surface area contributed by atoms with Gasteiger partial charge < -0.3 is 4.74 Å². The fraction of sp³-hybridized carbons (Fsp3) is 0.148. The number of methoxy groups -OCH3 is 1. The van der Waals surface area contributed by atoms with Gasteiger partial charge in [-0.2, -0.15) is 10.2 Å². The van der Waals surface area contributed by atoms with Crippen molar-refractivity contribution in [3.63, 3.8) is 0 Å². The highest BCUT2D eigenvalue weighted by Gasteiger charge is 2.34. The number of carbonyl (C=O) groups excluding carboxylic acids is 1. The van der Waals surface area contributed by atoms with E-state index >= 15 is 0 Å². The summed E-state index contributed by atoms with van der Waals surface area (Å²) in [6.45, 7) is 1.55. The van der Waals surface area contributed by atoms with E-state index in [0.717, 1.165) is 39.5 Å². The van der Waals surface area contributed by atoms with Crippen molar-refractivity contribution in [3.8, 4) is 22.7 Å². The predicted octanol–water partition coefficient (Wildman–Crippen LogP) is 5.25. The van der Waals surface area contributed by atoms with Crippen LogP contribution in [0.3, 0.4) is 0 Å². The van der Waals surface area contributed by atoms with E-state index in [1.807, 2.05) is 95.8 Å². The highest BCUT2D eigenvalue weighted by Crippen LogP contribution is 2.38. The first-order valence-electron chi connectivity index (χ1n) is 10.9. The molecule has 0 unspecified atom stereocenters. The number of rotatable bonds is 5. The molecule has 2 heterocycles. The molecule has 1 aliphatic heterocycles. The van der Waals surface area contributed by atoms with Gasteiger partial charge in [-0.15, -0.1) is 0 Å². The standard InChI is InChI=1S/C27H24N4O2/c1-19(32)31-26(17-25(28-31)20-13-15-23(33-2)16-14-20)24-18-30(22-11-7-4-8-12-22)29-27(24)21-9-5-3-6-10-21/h3-16,18,26H,17H2,1-2H3/t26-/m1/s1. The fourth-order valence-electron chi connectivity index (χ4n) is 4.17. The third kappa shape index (κ3) is 4.03. The van der Waals surface area contributed by atoms with Gasteiger partial charge in [0.15, 0.2) is 0 Å². The first kappa shape index (κ1) is 20.7. The molecular weight excluding hydrogens is 412 g/mol. The average molecular weight is 437 g/mol. The number of para-hydroxylation sites is 1. The van der Waals surface area contributed by atoms with E-state index < -0.39 is 0 Å². The Bertz CT molecular complexity index is 1300. The van der Waals surface area contributed by atoms with Crippen molar-refractivity contribution in [2.24, 2.45) is 5.10 Å². The minimum Gasteiger partial charge on any atom is -0.497 e. The highest BCUT2D eigenvalue weighted by molar-refractivity contribution is 6.03. The molecule has 0 N–H and O–H groups in total. The minimum atomic E-state index is -0.243. The van der Waals surface area contributed by atoms with E-state index in [1.165, 1.54) is 0 Å². The number of ether oxygens (including phenoxy) is 1. The summed E-state index contributed by atoms with van der Waals surface area (Å²) in [4.78, 5) is 12.6. The fourth-order valence-corrected chi connectivity index (χ4v) is 4.17. The molecule has 6 heteroatoms.